The molecule has 1 rings (SSSR count). The van der Waals surface area contributed by atoms with Gasteiger partial charge in [-0.25, -0.2) is 9.48 Å². The Bertz CT molecular complexity index is 454. The zero-order valence-electron chi connectivity index (χ0n) is 10.5. The van der Waals surface area contributed by atoms with Crippen molar-refractivity contribution in [1.29, 1.82) is 0 Å². The number of rotatable bonds is 5. The maximum atomic E-state index is 11.8. The quantitative estimate of drug-likeness (QED) is 0.653. The predicted molar refractivity (Wildman–Crippen MR) is 62.9 cm³/mol. The maximum Gasteiger partial charge on any atom is 0.358 e. The second kappa shape index (κ2) is 5.58. The third-order valence-electron chi connectivity index (χ3n) is 2.36. The molecule has 0 saturated heterocycles. The number of nitrogens with one attached hydrogen (secondary N) is 1. The van der Waals surface area contributed by atoms with Gasteiger partial charge in [-0.05, 0) is 20.8 Å². The minimum atomic E-state index is -1.21. The lowest BCUT2D eigenvalue weighted by molar-refractivity contribution is -0.124. The van der Waals surface area contributed by atoms with Gasteiger partial charge in [-0.2, -0.15) is 0 Å². The summed E-state index contributed by atoms with van der Waals surface area (Å²) in [5, 5.41) is 18.8. The van der Waals surface area contributed by atoms with Crippen molar-refractivity contribution in [3.8, 4) is 0 Å². The van der Waals surface area contributed by atoms with E-state index in [1.165, 1.54) is 4.68 Å². The molecule has 0 saturated carbocycles. The number of carboxylic acids is 1. The van der Waals surface area contributed by atoms with Crippen molar-refractivity contribution in [3.05, 3.63) is 11.4 Å². The predicted octanol–water partition coefficient (Wildman–Crippen LogP) is -0.479. The van der Waals surface area contributed by atoms with Crippen LogP contribution in [0.25, 0.3) is 0 Å². The molecule has 1 atom stereocenters. The van der Waals surface area contributed by atoms with Gasteiger partial charge in [-0.15, -0.1) is 5.10 Å². The van der Waals surface area contributed by atoms with E-state index in [1.807, 2.05) is 13.8 Å². The van der Waals surface area contributed by atoms with E-state index in [-0.39, 0.29) is 29.9 Å². The lowest BCUT2D eigenvalue weighted by atomic mass is 10.2. The normalized spacial score (nSPS) is 12.5. The van der Waals surface area contributed by atoms with E-state index in [4.69, 9.17) is 10.8 Å². The van der Waals surface area contributed by atoms with Crippen LogP contribution in [-0.4, -0.2) is 38.0 Å². The lowest BCUT2D eigenvalue weighted by Crippen LogP contribution is -2.36. The van der Waals surface area contributed by atoms with Gasteiger partial charge in [0.15, 0.2) is 5.69 Å². The van der Waals surface area contributed by atoms with Crippen LogP contribution in [0, 0.1) is 0 Å². The van der Waals surface area contributed by atoms with E-state index in [2.05, 4.69) is 15.6 Å². The SMILES string of the molecule is CC(C)NC(=O)C(C)n1nnc(C(=O)O)c1CN. The first-order chi connectivity index (χ1) is 8.38. The Morgan fingerprint density at radius 1 is 1.44 bits per heavy atom. The van der Waals surface area contributed by atoms with E-state index in [0.29, 0.717) is 0 Å². The molecule has 1 unspecified atom stereocenters. The van der Waals surface area contributed by atoms with Crippen LogP contribution in [-0.2, 0) is 11.3 Å². The summed E-state index contributed by atoms with van der Waals surface area (Å²) < 4.78 is 1.24. The Kier molecular flexibility index (Phi) is 4.38. The molecule has 100 valence electrons. The molecule has 1 amide bonds. The third-order valence-corrected chi connectivity index (χ3v) is 2.36. The molecule has 1 aromatic rings. The first kappa shape index (κ1) is 14.1. The van der Waals surface area contributed by atoms with E-state index in [9.17, 15) is 9.59 Å². The Balaban J connectivity index is 3.02. The average Bonchev–Trinajstić information content (AvgIpc) is 2.70. The van der Waals surface area contributed by atoms with Crippen molar-refractivity contribution in [2.24, 2.45) is 5.73 Å². The van der Waals surface area contributed by atoms with Crippen LogP contribution in [0.5, 0.6) is 0 Å². The van der Waals surface area contributed by atoms with Crippen molar-refractivity contribution in [2.75, 3.05) is 0 Å². The number of carbonyl (C=O) groups excluding carboxylic acids is 1. The number of nitrogens with zero attached hydrogens (tertiary/aromatic N) is 3. The molecular weight excluding hydrogens is 238 g/mol. The first-order valence-electron chi connectivity index (χ1n) is 5.56. The highest BCUT2D eigenvalue weighted by Gasteiger charge is 2.24. The fourth-order valence-electron chi connectivity index (χ4n) is 1.50. The van der Waals surface area contributed by atoms with E-state index < -0.39 is 12.0 Å². The number of hydrogen-bond donors (Lipinski definition) is 3. The van der Waals surface area contributed by atoms with Gasteiger partial charge in [0.25, 0.3) is 0 Å². The standard InChI is InChI=1S/C10H17N5O3/c1-5(2)12-9(16)6(3)15-7(4-11)8(10(17)18)13-14-15/h5-6H,4,11H2,1-3H3,(H,12,16)(H,17,18). The van der Waals surface area contributed by atoms with Gasteiger partial charge in [0.2, 0.25) is 5.91 Å². The van der Waals surface area contributed by atoms with Gasteiger partial charge in [0.1, 0.15) is 6.04 Å². The molecular formula is C10H17N5O3. The summed E-state index contributed by atoms with van der Waals surface area (Å²) in [4.78, 5) is 22.7. The summed E-state index contributed by atoms with van der Waals surface area (Å²) in [5.41, 5.74) is 5.49. The molecule has 0 fully saturated rings. The summed E-state index contributed by atoms with van der Waals surface area (Å²) in [6.07, 6.45) is 0. The zero-order valence-corrected chi connectivity index (χ0v) is 10.5. The highest BCUT2D eigenvalue weighted by atomic mass is 16.4. The fourth-order valence-corrected chi connectivity index (χ4v) is 1.50. The van der Waals surface area contributed by atoms with E-state index in [1.54, 1.807) is 6.92 Å². The molecule has 0 spiro atoms. The summed E-state index contributed by atoms with van der Waals surface area (Å²) in [6, 6.07) is -0.671. The smallest absolute Gasteiger partial charge is 0.358 e. The van der Waals surface area contributed by atoms with Gasteiger partial charge in [0, 0.05) is 12.6 Å². The van der Waals surface area contributed by atoms with Crippen LogP contribution in [0.15, 0.2) is 0 Å². The molecule has 0 radical (unpaired) electrons. The maximum absolute atomic E-state index is 11.8. The van der Waals surface area contributed by atoms with Crippen LogP contribution >= 0.6 is 0 Å². The number of nitrogens with two attached hydrogens (primary N) is 1. The summed E-state index contributed by atoms with van der Waals surface area (Å²) in [7, 11) is 0. The summed E-state index contributed by atoms with van der Waals surface area (Å²) >= 11 is 0. The molecule has 0 aromatic carbocycles. The fraction of sp³-hybridized carbons (Fsp3) is 0.600. The molecule has 18 heavy (non-hydrogen) atoms. The number of aromatic nitrogens is 3. The third kappa shape index (κ3) is 2.83. The van der Waals surface area contributed by atoms with Crippen LogP contribution in [0.2, 0.25) is 0 Å². The molecule has 8 nitrogen and oxygen atoms in total. The Labute approximate surface area is 104 Å². The van der Waals surface area contributed by atoms with Crippen molar-refractivity contribution >= 4 is 11.9 Å². The van der Waals surface area contributed by atoms with Gasteiger partial charge in [-0.3, -0.25) is 4.79 Å². The number of carboxylic acid groups (broad SMARTS) is 1. The lowest BCUT2D eigenvalue weighted by Gasteiger charge is -2.16. The zero-order chi connectivity index (χ0) is 13.9. The highest BCUT2D eigenvalue weighted by molar-refractivity contribution is 5.87. The van der Waals surface area contributed by atoms with E-state index >= 15 is 0 Å². The molecule has 1 aromatic heterocycles. The molecule has 0 aliphatic rings. The molecule has 0 aliphatic heterocycles. The van der Waals surface area contributed by atoms with Gasteiger partial charge in [-0.1, -0.05) is 5.21 Å². The van der Waals surface area contributed by atoms with Crippen LogP contribution in [0.4, 0.5) is 0 Å². The van der Waals surface area contributed by atoms with Gasteiger partial charge >= 0.3 is 5.97 Å². The highest BCUT2D eigenvalue weighted by Crippen LogP contribution is 2.12. The second-order valence-electron chi connectivity index (χ2n) is 4.18. The second-order valence-corrected chi connectivity index (χ2v) is 4.18. The first-order valence-corrected chi connectivity index (χ1v) is 5.56. The number of aromatic carboxylic acids is 1. The Hall–Kier alpha value is -1.96. The van der Waals surface area contributed by atoms with Crippen LogP contribution < -0.4 is 11.1 Å². The summed E-state index contributed by atoms with van der Waals surface area (Å²) in [6.45, 7) is 5.22. The van der Waals surface area contributed by atoms with Gasteiger partial charge in [0.05, 0.1) is 5.69 Å². The molecule has 1 heterocycles. The number of carbonyl (C=O) groups is 2. The minimum Gasteiger partial charge on any atom is -0.476 e. The van der Waals surface area contributed by atoms with E-state index in [0.717, 1.165) is 0 Å². The van der Waals surface area contributed by atoms with Crippen molar-refractivity contribution in [2.45, 2.75) is 39.4 Å². The Morgan fingerprint density at radius 2 is 2.06 bits per heavy atom. The minimum absolute atomic E-state index is 0.0104. The number of hydrogen-bond acceptors (Lipinski definition) is 5. The average molecular weight is 255 g/mol. The largest absolute Gasteiger partial charge is 0.476 e. The van der Waals surface area contributed by atoms with Crippen LogP contribution in [0.1, 0.15) is 43.0 Å². The molecule has 0 aliphatic carbocycles. The van der Waals surface area contributed by atoms with Crippen LogP contribution in [0.3, 0.4) is 0 Å². The van der Waals surface area contributed by atoms with Crippen molar-refractivity contribution in [1.82, 2.24) is 20.3 Å². The van der Waals surface area contributed by atoms with Crippen molar-refractivity contribution in [3.63, 3.8) is 0 Å². The van der Waals surface area contributed by atoms with Gasteiger partial charge < -0.3 is 16.2 Å². The molecule has 8 heteroatoms. The monoisotopic (exact) mass is 255 g/mol. The number of amides is 1. The molecule has 4 N–H and O–H groups in total. The molecule has 0 bridgehead atoms. The topological polar surface area (TPSA) is 123 Å². The Morgan fingerprint density at radius 3 is 2.50 bits per heavy atom. The summed E-state index contributed by atoms with van der Waals surface area (Å²) in [5.74, 6) is -1.47. The van der Waals surface area contributed by atoms with Crippen molar-refractivity contribution < 1.29 is 14.7 Å².